The highest BCUT2D eigenvalue weighted by Gasteiger charge is 2.10. The van der Waals surface area contributed by atoms with Crippen LogP contribution in [0, 0.1) is 0 Å². The molecule has 1 saturated heterocycles. The lowest BCUT2D eigenvalue weighted by Gasteiger charge is -2.15. The summed E-state index contributed by atoms with van der Waals surface area (Å²) in [6.45, 7) is 5.37. The van der Waals surface area contributed by atoms with Crippen LogP contribution in [0.1, 0.15) is 18.4 Å². The zero-order valence-corrected chi connectivity index (χ0v) is 11.3. The van der Waals surface area contributed by atoms with Gasteiger partial charge in [0.1, 0.15) is 12.4 Å². The van der Waals surface area contributed by atoms with E-state index in [-0.39, 0.29) is 0 Å². The fourth-order valence-electron chi connectivity index (χ4n) is 2.32. The zero-order chi connectivity index (χ0) is 12.6. The molecule has 0 amide bonds. The molecular formula is C15H24N2O. The molecule has 2 rings (SSSR count). The number of ether oxygens (including phenoxy) is 1. The summed E-state index contributed by atoms with van der Waals surface area (Å²) in [6, 6.07) is 8.47. The Bertz CT molecular complexity index is 331. The molecule has 1 aromatic carbocycles. The zero-order valence-electron chi connectivity index (χ0n) is 11.3. The van der Waals surface area contributed by atoms with E-state index in [9.17, 15) is 0 Å². The second-order valence-electron chi connectivity index (χ2n) is 4.89. The van der Waals surface area contributed by atoms with Gasteiger partial charge in [0.25, 0.3) is 0 Å². The Hall–Kier alpha value is -1.06. The minimum atomic E-state index is 0.801. The molecule has 100 valence electrons. The number of likely N-dealkylation sites (N-methyl/N-ethyl adjacent to an activating group) is 1. The molecule has 3 nitrogen and oxygen atoms in total. The summed E-state index contributed by atoms with van der Waals surface area (Å²) >= 11 is 0. The molecule has 1 aliphatic rings. The van der Waals surface area contributed by atoms with E-state index in [0.717, 1.165) is 31.9 Å². The van der Waals surface area contributed by atoms with Crippen LogP contribution in [0.2, 0.25) is 0 Å². The summed E-state index contributed by atoms with van der Waals surface area (Å²) in [5, 5.41) is 3.16. The lowest BCUT2D eigenvalue weighted by atomic mass is 10.1. The third kappa shape index (κ3) is 4.31. The highest BCUT2D eigenvalue weighted by atomic mass is 16.5. The molecular weight excluding hydrogens is 224 g/mol. The normalized spacial score (nSPS) is 16.1. The van der Waals surface area contributed by atoms with E-state index in [1.807, 2.05) is 7.05 Å². The van der Waals surface area contributed by atoms with Gasteiger partial charge in [-0.3, -0.25) is 4.90 Å². The molecule has 1 N–H and O–H groups in total. The molecule has 0 bridgehead atoms. The van der Waals surface area contributed by atoms with Gasteiger partial charge in [-0.2, -0.15) is 0 Å². The van der Waals surface area contributed by atoms with Gasteiger partial charge in [0.15, 0.2) is 0 Å². The van der Waals surface area contributed by atoms with Crippen LogP contribution in [-0.2, 0) is 6.42 Å². The van der Waals surface area contributed by atoms with Crippen LogP contribution in [0.5, 0.6) is 5.75 Å². The molecule has 0 aliphatic carbocycles. The van der Waals surface area contributed by atoms with E-state index < -0.39 is 0 Å². The molecule has 0 atom stereocenters. The second-order valence-corrected chi connectivity index (χ2v) is 4.89. The molecule has 0 saturated carbocycles. The predicted octanol–water partition coefficient (Wildman–Crippen LogP) is 1.92. The van der Waals surface area contributed by atoms with Crippen LogP contribution in [0.3, 0.4) is 0 Å². The molecule has 0 radical (unpaired) electrons. The standard InChI is InChI=1S/C15H24N2O/c1-16-9-8-14-4-6-15(7-5-14)18-13-12-17-10-2-3-11-17/h4-7,16H,2-3,8-13H2,1H3. The smallest absolute Gasteiger partial charge is 0.119 e. The van der Waals surface area contributed by atoms with Gasteiger partial charge in [0, 0.05) is 6.54 Å². The first-order chi connectivity index (χ1) is 8.88. The quantitative estimate of drug-likeness (QED) is 0.798. The molecule has 1 aliphatic heterocycles. The fourth-order valence-corrected chi connectivity index (χ4v) is 2.32. The van der Waals surface area contributed by atoms with Crippen molar-refractivity contribution < 1.29 is 4.74 Å². The minimum absolute atomic E-state index is 0.801. The van der Waals surface area contributed by atoms with E-state index in [1.165, 1.54) is 31.5 Å². The maximum absolute atomic E-state index is 5.77. The van der Waals surface area contributed by atoms with E-state index >= 15 is 0 Å². The summed E-state index contributed by atoms with van der Waals surface area (Å²) in [5.74, 6) is 0.988. The number of hydrogen-bond acceptors (Lipinski definition) is 3. The van der Waals surface area contributed by atoms with Gasteiger partial charge in [-0.1, -0.05) is 12.1 Å². The average molecular weight is 248 g/mol. The lowest BCUT2D eigenvalue weighted by molar-refractivity contribution is 0.238. The van der Waals surface area contributed by atoms with Crippen molar-refractivity contribution >= 4 is 0 Å². The van der Waals surface area contributed by atoms with E-state index in [2.05, 4.69) is 34.5 Å². The van der Waals surface area contributed by atoms with Crippen LogP contribution in [0.15, 0.2) is 24.3 Å². The highest BCUT2D eigenvalue weighted by molar-refractivity contribution is 5.27. The maximum Gasteiger partial charge on any atom is 0.119 e. The van der Waals surface area contributed by atoms with Crippen molar-refractivity contribution in [3.05, 3.63) is 29.8 Å². The number of likely N-dealkylation sites (tertiary alicyclic amines) is 1. The summed E-state index contributed by atoms with van der Waals surface area (Å²) < 4.78 is 5.77. The summed E-state index contributed by atoms with van der Waals surface area (Å²) in [4.78, 5) is 2.47. The van der Waals surface area contributed by atoms with Crippen molar-refractivity contribution in [1.29, 1.82) is 0 Å². The number of nitrogens with zero attached hydrogens (tertiary/aromatic N) is 1. The molecule has 0 unspecified atom stereocenters. The summed E-state index contributed by atoms with van der Waals surface area (Å²) in [5.41, 5.74) is 1.36. The average Bonchev–Trinajstić information content (AvgIpc) is 2.91. The van der Waals surface area contributed by atoms with Crippen LogP contribution in [0.4, 0.5) is 0 Å². The molecule has 3 heteroatoms. The first-order valence-electron chi connectivity index (χ1n) is 6.97. The molecule has 1 heterocycles. The van der Waals surface area contributed by atoms with Gasteiger partial charge in [-0.15, -0.1) is 0 Å². The van der Waals surface area contributed by atoms with Crippen molar-refractivity contribution in [3.8, 4) is 5.75 Å². The van der Waals surface area contributed by atoms with Gasteiger partial charge < -0.3 is 10.1 Å². The van der Waals surface area contributed by atoms with Gasteiger partial charge >= 0.3 is 0 Å². The Morgan fingerprint density at radius 1 is 1.17 bits per heavy atom. The second kappa shape index (κ2) is 7.39. The first kappa shape index (κ1) is 13.4. The van der Waals surface area contributed by atoms with Crippen molar-refractivity contribution in [3.63, 3.8) is 0 Å². The van der Waals surface area contributed by atoms with Crippen LogP contribution >= 0.6 is 0 Å². The minimum Gasteiger partial charge on any atom is -0.492 e. The topological polar surface area (TPSA) is 24.5 Å². The van der Waals surface area contributed by atoms with Gasteiger partial charge in [0.05, 0.1) is 0 Å². The van der Waals surface area contributed by atoms with E-state index in [4.69, 9.17) is 4.74 Å². The predicted molar refractivity (Wildman–Crippen MR) is 75.2 cm³/mol. The van der Waals surface area contributed by atoms with Crippen LogP contribution in [0.25, 0.3) is 0 Å². The van der Waals surface area contributed by atoms with Crippen molar-refractivity contribution in [2.75, 3.05) is 39.8 Å². The SMILES string of the molecule is CNCCc1ccc(OCCN2CCCC2)cc1. The third-order valence-corrected chi connectivity index (χ3v) is 3.46. The number of hydrogen-bond donors (Lipinski definition) is 1. The number of nitrogens with one attached hydrogen (secondary N) is 1. The number of benzene rings is 1. The largest absolute Gasteiger partial charge is 0.492 e. The Kier molecular flexibility index (Phi) is 5.49. The van der Waals surface area contributed by atoms with Gasteiger partial charge in [0.2, 0.25) is 0 Å². The highest BCUT2D eigenvalue weighted by Crippen LogP contribution is 2.13. The number of rotatable bonds is 7. The summed E-state index contributed by atoms with van der Waals surface area (Å²) in [6.07, 6.45) is 3.77. The van der Waals surface area contributed by atoms with Crippen LogP contribution in [-0.4, -0.2) is 44.7 Å². The molecule has 0 aromatic heterocycles. The molecule has 1 aromatic rings. The Morgan fingerprint density at radius 2 is 1.89 bits per heavy atom. The maximum atomic E-state index is 5.77. The lowest BCUT2D eigenvalue weighted by Crippen LogP contribution is -2.25. The molecule has 0 spiro atoms. The molecule has 1 fully saturated rings. The van der Waals surface area contributed by atoms with Crippen LogP contribution < -0.4 is 10.1 Å². The van der Waals surface area contributed by atoms with E-state index in [0.29, 0.717) is 0 Å². The van der Waals surface area contributed by atoms with Crippen molar-refractivity contribution in [2.24, 2.45) is 0 Å². The molecule has 18 heavy (non-hydrogen) atoms. The monoisotopic (exact) mass is 248 g/mol. The Balaban J connectivity index is 1.68. The summed E-state index contributed by atoms with van der Waals surface area (Å²) in [7, 11) is 1.98. The third-order valence-electron chi connectivity index (χ3n) is 3.46. The Morgan fingerprint density at radius 3 is 2.56 bits per heavy atom. The fraction of sp³-hybridized carbons (Fsp3) is 0.600. The first-order valence-corrected chi connectivity index (χ1v) is 6.97. The van der Waals surface area contributed by atoms with Crippen molar-refractivity contribution in [1.82, 2.24) is 10.2 Å². The van der Waals surface area contributed by atoms with Crippen molar-refractivity contribution in [2.45, 2.75) is 19.3 Å². The Labute approximate surface area is 110 Å². The van der Waals surface area contributed by atoms with Gasteiger partial charge in [-0.05, 0) is 63.6 Å². The van der Waals surface area contributed by atoms with Gasteiger partial charge in [-0.25, -0.2) is 0 Å². The van der Waals surface area contributed by atoms with E-state index in [1.54, 1.807) is 0 Å².